The SMILES string of the molecule is CCN1CC[C@@H]2C[C@@H](N3CCOCC3)CC[C@@]2(C(=O)NCCOc2cc(C)ccc2C)C1. The van der Waals surface area contributed by atoms with E-state index in [-0.39, 0.29) is 11.3 Å². The van der Waals surface area contributed by atoms with Gasteiger partial charge in [0.15, 0.2) is 0 Å². The smallest absolute Gasteiger partial charge is 0.227 e. The molecule has 6 nitrogen and oxygen atoms in total. The molecule has 1 aromatic rings. The second-order valence-corrected chi connectivity index (χ2v) is 9.96. The summed E-state index contributed by atoms with van der Waals surface area (Å²) < 4.78 is 11.5. The molecule has 1 saturated carbocycles. The van der Waals surface area contributed by atoms with Crippen LogP contribution in [0.15, 0.2) is 18.2 Å². The molecule has 0 unspecified atom stereocenters. The molecular weight excluding hydrogens is 402 g/mol. The van der Waals surface area contributed by atoms with Crippen LogP contribution in [0, 0.1) is 25.2 Å². The van der Waals surface area contributed by atoms with Gasteiger partial charge in [-0.25, -0.2) is 0 Å². The Bertz CT molecular complexity index is 780. The number of piperidine rings is 1. The van der Waals surface area contributed by atoms with Crippen LogP contribution in [-0.2, 0) is 9.53 Å². The van der Waals surface area contributed by atoms with Gasteiger partial charge in [-0.1, -0.05) is 19.1 Å². The number of amides is 1. The predicted octanol–water partition coefficient (Wildman–Crippen LogP) is 3.01. The van der Waals surface area contributed by atoms with Crippen LogP contribution in [0.25, 0.3) is 0 Å². The molecule has 2 heterocycles. The van der Waals surface area contributed by atoms with Gasteiger partial charge in [0.25, 0.3) is 0 Å². The third-order valence-electron chi connectivity index (χ3n) is 8.01. The number of benzene rings is 1. The summed E-state index contributed by atoms with van der Waals surface area (Å²) in [5, 5.41) is 3.26. The fourth-order valence-corrected chi connectivity index (χ4v) is 6.00. The molecule has 2 saturated heterocycles. The van der Waals surface area contributed by atoms with E-state index in [0.717, 1.165) is 82.9 Å². The molecule has 1 aliphatic carbocycles. The Kier molecular flexibility index (Phi) is 7.74. The number of hydrogen-bond acceptors (Lipinski definition) is 5. The van der Waals surface area contributed by atoms with Crippen molar-refractivity contribution >= 4 is 5.91 Å². The average molecular weight is 444 g/mol. The zero-order valence-corrected chi connectivity index (χ0v) is 20.2. The van der Waals surface area contributed by atoms with E-state index < -0.39 is 0 Å². The molecule has 6 heteroatoms. The standard InChI is InChI=1S/C26H41N3O3/c1-4-28-11-8-22-18-23(29-12-15-31-16-13-29)7-9-26(22,19-28)25(30)27-10-14-32-24-17-20(2)5-6-21(24)3/h5-6,17,22-23H,4,7-16,18-19H2,1-3H3,(H,27,30)/t22-,23+,26-/m1/s1. The van der Waals surface area contributed by atoms with E-state index in [9.17, 15) is 4.79 Å². The lowest BCUT2D eigenvalue weighted by Gasteiger charge is -2.53. The van der Waals surface area contributed by atoms with Gasteiger partial charge in [-0.2, -0.15) is 0 Å². The monoisotopic (exact) mass is 443 g/mol. The summed E-state index contributed by atoms with van der Waals surface area (Å²) in [6, 6.07) is 6.85. The maximum atomic E-state index is 13.6. The molecule has 0 aromatic heterocycles. The van der Waals surface area contributed by atoms with Gasteiger partial charge in [0.2, 0.25) is 5.91 Å². The number of aryl methyl sites for hydroxylation is 2. The third-order valence-corrected chi connectivity index (χ3v) is 8.01. The van der Waals surface area contributed by atoms with E-state index in [4.69, 9.17) is 9.47 Å². The molecule has 178 valence electrons. The largest absolute Gasteiger partial charge is 0.491 e. The number of carbonyl (C=O) groups excluding carboxylic acids is 1. The van der Waals surface area contributed by atoms with Crippen LogP contribution < -0.4 is 10.1 Å². The molecule has 0 spiro atoms. The van der Waals surface area contributed by atoms with Gasteiger partial charge in [-0.05, 0) is 75.7 Å². The number of ether oxygens (including phenoxy) is 2. The molecule has 3 atom stereocenters. The molecule has 2 aliphatic heterocycles. The first-order chi connectivity index (χ1) is 15.5. The molecule has 0 bridgehead atoms. The van der Waals surface area contributed by atoms with Gasteiger partial charge in [0.05, 0.1) is 25.2 Å². The first-order valence-electron chi connectivity index (χ1n) is 12.5. The highest BCUT2D eigenvalue weighted by atomic mass is 16.5. The Balaban J connectivity index is 1.36. The summed E-state index contributed by atoms with van der Waals surface area (Å²) >= 11 is 0. The molecule has 32 heavy (non-hydrogen) atoms. The molecule has 1 amide bonds. The van der Waals surface area contributed by atoms with E-state index in [1.807, 2.05) is 0 Å². The minimum atomic E-state index is -0.254. The maximum Gasteiger partial charge on any atom is 0.227 e. The summed E-state index contributed by atoms with van der Waals surface area (Å²) in [6.45, 7) is 14.2. The third kappa shape index (κ3) is 5.13. The highest BCUT2D eigenvalue weighted by Crippen LogP contribution is 2.47. The van der Waals surface area contributed by atoms with Crippen LogP contribution in [0.2, 0.25) is 0 Å². The van der Waals surface area contributed by atoms with Crippen LogP contribution in [0.3, 0.4) is 0 Å². The number of carbonyl (C=O) groups is 1. The molecule has 3 aliphatic rings. The number of nitrogens with zero attached hydrogens (tertiary/aromatic N) is 2. The fourth-order valence-electron chi connectivity index (χ4n) is 6.00. The van der Waals surface area contributed by atoms with Crippen LogP contribution in [0.1, 0.15) is 43.7 Å². The van der Waals surface area contributed by atoms with Crippen molar-refractivity contribution in [2.24, 2.45) is 11.3 Å². The second kappa shape index (κ2) is 10.5. The first kappa shape index (κ1) is 23.5. The Morgan fingerprint density at radius 1 is 1.22 bits per heavy atom. The topological polar surface area (TPSA) is 54.0 Å². The maximum absolute atomic E-state index is 13.6. The van der Waals surface area contributed by atoms with Gasteiger partial charge in [0, 0.05) is 25.7 Å². The second-order valence-electron chi connectivity index (χ2n) is 9.96. The number of morpholine rings is 1. The van der Waals surface area contributed by atoms with Gasteiger partial charge in [-0.3, -0.25) is 9.69 Å². The number of hydrogen-bond donors (Lipinski definition) is 1. The Morgan fingerprint density at radius 2 is 2.03 bits per heavy atom. The van der Waals surface area contributed by atoms with Gasteiger partial charge in [-0.15, -0.1) is 0 Å². The lowest BCUT2D eigenvalue weighted by atomic mass is 9.61. The van der Waals surface area contributed by atoms with Gasteiger partial charge >= 0.3 is 0 Å². The van der Waals surface area contributed by atoms with E-state index in [0.29, 0.717) is 25.1 Å². The van der Waals surface area contributed by atoms with Crippen LogP contribution in [0.5, 0.6) is 5.75 Å². The zero-order chi connectivity index (χ0) is 22.6. The van der Waals surface area contributed by atoms with Crippen LogP contribution in [0.4, 0.5) is 0 Å². The number of rotatable bonds is 7. The molecule has 3 fully saturated rings. The van der Waals surface area contributed by atoms with Crippen molar-refractivity contribution < 1.29 is 14.3 Å². The zero-order valence-electron chi connectivity index (χ0n) is 20.2. The summed E-state index contributed by atoms with van der Waals surface area (Å²) in [6.07, 6.45) is 4.37. The molecule has 4 rings (SSSR count). The highest BCUT2D eigenvalue weighted by molar-refractivity contribution is 5.83. The predicted molar refractivity (Wildman–Crippen MR) is 127 cm³/mol. The summed E-state index contributed by atoms with van der Waals surface area (Å²) in [4.78, 5) is 18.7. The first-order valence-corrected chi connectivity index (χ1v) is 12.5. The summed E-state index contributed by atoms with van der Waals surface area (Å²) in [5.74, 6) is 1.62. The minimum Gasteiger partial charge on any atom is -0.491 e. The van der Waals surface area contributed by atoms with Crippen molar-refractivity contribution in [2.75, 3.05) is 59.1 Å². The molecule has 0 radical (unpaired) electrons. The Hall–Kier alpha value is -1.63. The lowest BCUT2D eigenvalue weighted by Crippen LogP contribution is -2.61. The van der Waals surface area contributed by atoms with E-state index in [2.05, 4.69) is 54.1 Å². The number of likely N-dealkylation sites (tertiary alicyclic amines) is 1. The summed E-state index contributed by atoms with van der Waals surface area (Å²) in [5.41, 5.74) is 2.07. The number of fused-ring (bicyclic) bond motifs is 1. The van der Waals surface area contributed by atoms with Crippen molar-refractivity contribution in [3.05, 3.63) is 29.3 Å². The Morgan fingerprint density at radius 3 is 2.81 bits per heavy atom. The fraction of sp³-hybridized carbons (Fsp3) is 0.731. The normalized spacial score (nSPS) is 29.3. The number of nitrogens with one attached hydrogen (secondary N) is 1. The van der Waals surface area contributed by atoms with Crippen molar-refractivity contribution in [1.29, 1.82) is 0 Å². The molecule has 1 N–H and O–H groups in total. The van der Waals surface area contributed by atoms with Gasteiger partial charge < -0.3 is 19.7 Å². The van der Waals surface area contributed by atoms with Crippen molar-refractivity contribution in [2.45, 2.75) is 52.5 Å². The van der Waals surface area contributed by atoms with Crippen molar-refractivity contribution in [3.8, 4) is 5.75 Å². The average Bonchev–Trinajstić information content (AvgIpc) is 2.83. The lowest BCUT2D eigenvalue weighted by molar-refractivity contribution is -0.145. The van der Waals surface area contributed by atoms with E-state index in [1.165, 1.54) is 5.56 Å². The summed E-state index contributed by atoms with van der Waals surface area (Å²) in [7, 11) is 0. The molecular formula is C26H41N3O3. The van der Waals surface area contributed by atoms with Crippen molar-refractivity contribution in [1.82, 2.24) is 15.1 Å². The van der Waals surface area contributed by atoms with Crippen LogP contribution in [-0.4, -0.2) is 80.8 Å². The van der Waals surface area contributed by atoms with Gasteiger partial charge in [0.1, 0.15) is 12.4 Å². The quantitative estimate of drug-likeness (QED) is 0.657. The van der Waals surface area contributed by atoms with E-state index in [1.54, 1.807) is 0 Å². The van der Waals surface area contributed by atoms with Crippen LogP contribution >= 0.6 is 0 Å². The van der Waals surface area contributed by atoms with E-state index >= 15 is 0 Å². The molecule has 1 aromatic carbocycles. The highest BCUT2D eigenvalue weighted by Gasteiger charge is 2.52. The minimum absolute atomic E-state index is 0.241. The Labute approximate surface area is 193 Å². The van der Waals surface area contributed by atoms with Crippen molar-refractivity contribution in [3.63, 3.8) is 0 Å².